The van der Waals surface area contributed by atoms with E-state index in [9.17, 15) is 0 Å². The van der Waals surface area contributed by atoms with Gasteiger partial charge in [-0.3, -0.25) is 0 Å². The smallest absolute Gasteiger partial charge is 0.175 e. The molecule has 0 aromatic heterocycles. The van der Waals surface area contributed by atoms with E-state index >= 15 is 0 Å². The number of rotatable bonds is 5. The fraction of sp³-hybridized carbons (Fsp3) is 0.538. The van der Waals surface area contributed by atoms with Gasteiger partial charge in [0, 0.05) is 19.6 Å². The zero-order valence-electron chi connectivity index (χ0n) is 10.2. The number of nitrogens with one attached hydrogen (secondary N) is 1. The molecule has 0 saturated heterocycles. The van der Waals surface area contributed by atoms with Crippen molar-refractivity contribution < 1.29 is 14.6 Å². The van der Waals surface area contributed by atoms with E-state index in [0.29, 0.717) is 13.2 Å². The molecule has 18 heavy (non-hydrogen) atoms. The largest absolute Gasteiger partial charge is 0.490 e. The van der Waals surface area contributed by atoms with Crippen LogP contribution in [0.15, 0.2) is 16.6 Å². The third kappa shape index (κ3) is 3.60. The molecule has 0 spiro atoms. The van der Waals surface area contributed by atoms with E-state index in [0.717, 1.165) is 47.5 Å². The Morgan fingerprint density at radius 1 is 1.28 bits per heavy atom. The van der Waals surface area contributed by atoms with Crippen LogP contribution in [0.2, 0.25) is 0 Å². The molecule has 0 atom stereocenters. The van der Waals surface area contributed by atoms with Gasteiger partial charge in [-0.25, -0.2) is 0 Å². The number of aliphatic hydroxyl groups is 1. The lowest BCUT2D eigenvalue weighted by molar-refractivity contribution is 0.286. The second-order valence-electron chi connectivity index (χ2n) is 4.21. The third-order valence-corrected chi connectivity index (χ3v) is 3.29. The zero-order valence-corrected chi connectivity index (χ0v) is 11.8. The quantitative estimate of drug-likeness (QED) is 0.817. The summed E-state index contributed by atoms with van der Waals surface area (Å²) in [4.78, 5) is 0. The van der Waals surface area contributed by atoms with E-state index in [1.165, 1.54) is 0 Å². The first kappa shape index (κ1) is 13.6. The minimum Gasteiger partial charge on any atom is -0.490 e. The van der Waals surface area contributed by atoms with Crippen LogP contribution in [0.4, 0.5) is 0 Å². The molecule has 100 valence electrons. The molecule has 0 radical (unpaired) electrons. The van der Waals surface area contributed by atoms with Gasteiger partial charge in [0.15, 0.2) is 11.5 Å². The summed E-state index contributed by atoms with van der Waals surface area (Å²) in [5, 5.41) is 12.0. The minimum absolute atomic E-state index is 0.220. The van der Waals surface area contributed by atoms with Crippen LogP contribution in [0.3, 0.4) is 0 Å². The minimum atomic E-state index is 0.220. The maximum absolute atomic E-state index is 8.71. The van der Waals surface area contributed by atoms with Crippen LogP contribution in [0.25, 0.3) is 0 Å². The number of hydrogen-bond acceptors (Lipinski definition) is 4. The van der Waals surface area contributed by atoms with E-state index in [1.54, 1.807) is 0 Å². The van der Waals surface area contributed by atoms with E-state index < -0.39 is 0 Å². The molecular weight excluding hydrogens is 298 g/mol. The first-order valence-electron chi connectivity index (χ1n) is 6.21. The van der Waals surface area contributed by atoms with E-state index in [2.05, 4.69) is 21.2 Å². The molecule has 0 unspecified atom stereocenters. The molecular formula is C13H18BrNO3. The molecule has 0 bridgehead atoms. The number of hydrogen-bond donors (Lipinski definition) is 2. The Kier molecular flexibility index (Phi) is 5.28. The predicted octanol–water partition coefficient (Wildman–Crippen LogP) is 2.08. The van der Waals surface area contributed by atoms with Gasteiger partial charge >= 0.3 is 0 Å². The second kappa shape index (κ2) is 6.97. The molecule has 1 aliphatic heterocycles. The van der Waals surface area contributed by atoms with Gasteiger partial charge in [0.25, 0.3) is 0 Å². The molecule has 0 aliphatic carbocycles. The summed E-state index contributed by atoms with van der Waals surface area (Å²) in [7, 11) is 0. The highest BCUT2D eigenvalue weighted by molar-refractivity contribution is 9.10. The third-order valence-electron chi connectivity index (χ3n) is 2.70. The standard InChI is InChI=1S/C13H18BrNO3/c14-11-7-10(9-15-3-1-4-16)8-12-13(11)18-6-2-5-17-12/h7-8,15-16H,1-6,9H2. The highest BCUT2D eigenvalue weighted by atomic mass is 79.9. The fourth-order valence-electron chi connectivity index (χ4n) is 1.82. The van der Waals surface area contributed by atoms with Crippen LogP contribution in [-0.4, -0.2) is 31.5 Å². The molecule has 5 heteroatoms. The van der Waals surface area contributed by atoms with Crippen molar-refractivity contribution in [2.24, 2.45) is 0 Å². The lowest BCUT2D eigenvalue weighted by Gasteiger charge is -2.12. The van der Waals surface area contributed by atoms with Crippen molar-refractivity contribution >= 4 is 15.9 Å². The number of aliphatic hydroxyl groups excluding tert-OH is 1. The Labute approximate surface area is 115 Å². The molecule has 2 rings (SSSR count). The zero-order chi connectivity index (χ0) is 12.8. The van der Waals surface area contributed by atoms with Crippen molar-refractivity contribution in [1.82, 2.24) is 5.32 Å². The molecule has 2 N–H and O–H groups in total. The summed E-state index contributed by atoms with van der Waals surface area (Å²) in [5.41, 5.74) is 1.14. The van der Waals surface area contributed by atoms with Crippen molar-refractivity contribution in [1.29, 1.82) is 0 Å². The normalized spacial score (nSPS) is 14.3. The first-order chi connectivity index (χ1) is 8.81. The maximum atomic E-state index is 8.71. The summed E-state index contributed by atoms with van der Waals surface area (Å²) in [6, 6.07) is 4.05. The number of benzene rings is 1. The fourth-order valence-corrected chi connectivity index (χ4v) is 2.43. The van der Waals surface area contributed by atoms with E-state index in [4.69, 9.17) is 14.6 Å². The van der Waals surface area contributed by atoms with Crippen molar-refractivity contribution in [3.05, 3.63) is 22.2 Å². The second-order valence-corrected chi connectivity index (χ2v) is 5.06. The van der Waals surface area contributed by atoms with Gasteiger partial charge in [-0.15, -0.1) is 0 Å². The van der Waals surface area contributed by atoms with Gasteiger partial charge in [0.2, 0.25) is 0 Å². The number of fused-ring (bicyclic) bond motifs is 1. The highest BCUT2D eigenvalue weighted by Gasteiger charge is 2.14. The maximum Gasteiger partial charge on any atom is 0.175 e. The van der Waals surface area contributed by atoms with E-state index in [1.807, 2.05) is 12.1 Å². The Balaban J connectivity index is 2.04. The molecule has 0 saturated carbocycles. The SMILES string of the molecule is OCCCNCc1cc(Br)c2c(c1)OCCCO2. The summed E-state index contributed by atoms with van der Waals surface area (Å²) >= 11 is 3.52. The molecule has 1 aliphatic rings. The average molecular weight is 316 g/mol. The van der Waals surface area contributed by atoms with Crippen molar-refractivity contribution in [2.75, 3.05) is 26.4 Å². The van der Waals surface area contributed by atoms with Gasteiger partial charge in [-0.1, -0.05) is 0 Å². The number of ether oxygens (including phenoxy) is 2. The lowest BCUT2D eigenvalue weighted by Crippen LogP contribution is -2.15. The van der Waals surface area contributed by atoms with Crippen molar-refractivity contribution in [3.8, 4) is 11.5 Å². The van der Waals surface area contributed by atoms with Crippen molar-refractivity contribution in [2.45, 2.75) is 19.4 Å². The Bertz CT molecular complexity index is 398. The van der Waals surface area contributed by atoms with E-state index in [-0.39, 0.29) is 6.61 Å². The van der Waals surface area contributed by atoms with Gasteiger partial charge in [-0.2, -0.15) is 0 Å². The number of halogens is 1. The van der Waals surface area contributed by atoms with Gasteiger partial charge < -0.3 is 19.9 Å². The topological polar surface area (TPSA) is 50.7 Å². The summed E-state index contributed by atoms with van der Waals surface area (Å²) in [5.74, 6) is 1.60. The van der Waals surface area contributed by atoms with Crippen LogP contribution < -0.4 is 14.8 Å². The Morgan fingerprint density at radius 3 is 2.94 bits per heavy atom. The molecule has 1 aromatic carbocycles. The van der Waals surface area contributed by atoms with Crippen LogP contribution in [0.5, 0.6) is 11.5 Å². The molecule has 0 amide bonds. The summed E-state index contributed by atoms with van der Waals surface area (Å²) in [6.07, 6.45) is 1.68. The Hall–Kier alpha value is -0.780. The Morgan fingerprint density at radius 2 is 2.11 bits per heavy atom. The van der Waals surface area contributed by atoms with Crippen LogP contribution >= 0.6 is 15.9 Å². The lowest BCUT2D eigenvalue weighted by atomic mass is 10.2. The molecule has 0 fully saturated rings. The molecule has 1 heterocycles. The predicted molar refractivity (Wildman–Crippen MR) is 73.2 cm³/mol. The highest BCUT2D eigenvalue weighted by Crippen LogP contribution is 2.38. The monoisotopic (exact) mass is 315 g/mol. The van der Waals surface area contributed by atoms with Crippen LogP contribution in [-0.2, 0) is 6.54 Å². The van der Waals surface area contributed by atoms with Crippen LogP contribution in [0, 0.1) is 0 Å². The van der Waals surface area contributed by atoms with Crippen LogP contribution in [0.1, 0.15) is 18.4 Å². The summed E-state index contributed by atoms with van der Waals surface area (Å²) in [6.45, 7) is 3.18. The molecule has 4 nitrogen and oxygen atoms in total. The average Bonchev–Trinajstić information content (AvgIpc) is 2.60. The van der Waals surface area contributed by atoms with Gasteiger partial charge in [-0.05, 0) is 46.6 Å². The van der Waals surface area contributed by atoms with Crippen molar-refractivity contribution in [3.63, 3.8) is 0 Å². The van der Waals surface area contributed by atoms with Gasteiger partial charge in [0.05, 0.1) is 17.7 Å². The summed E-state index contributed by atoms with van der Waals surface area (Å²) < 4.78 is 12.3. The van der Waals surface area contributed by atoms with Gasteiger partial charge in [0.1, 0.15) is 0 Å². The molecule has 1 aromatic rings. The first-order valence-corrected chi connectivity index (χ1v) is 7.00.